The third-order valence-electron chi connectivity index (χ3n) is 6.35. The molecule has 0 aliphatic heterocycles. The first-order chi connectivity index (χ1) is 18.4. The Morgan fingerprint density at radius 3 is 1.34 bits per heavy atom. The molecule has 6 aromatic rings. The highest BCUT2D eigenvalue weighted by Gasteiger charge is 2.09. The zero-order valence-corrected chi connectivity index (χ0v) is 23.3. The highest BCUT2D eigenvalue weighted by Crippen LogP contribution is 2.34. The van der Waals surface area contributed by atoms with Crippen LogP contribution in [0, 0.1) is 10.1 Å². The maximum absolute atomic E-state index is 10.7. The number of nitrogen functional groups attached to an aromatic ring is 1. The molecule has 186 valence electrons. The summed E-state index contributed by atoms with van der Waals surface area (Å²) in [5.41, 5.74) is 11.1. The number of nitrogens with two attached hydrogens (primary N) is 1. The van der Waals surface area contributed by atoms with Crippen molar-refractivity contribution in [2.75, 3.05) is 5.73 Å². The molecular formula is C32H22Br2N2O2. The largest absolute Gasteiger partial charge is 0.399 e. The van der Waals surface area contributed by atoms with E-state index < -0.39 is 0 Å². The molecule has 0 radical (unpaired) electrons. The van der Waals surface area contributed by atoms with E-state index in [0.29, 0.717) is 0 Å². The number of hydrogen-bond acceptors (Lipinski definition) is 3. The summed E-state index contributed by atoms with van der Waals surface area (Å²) in [4.78, 5) is 10.3. The number of nitrogens with zero attached hydrogens (tertiary/aromatic N) is 1. The molecule has 6 rings (SSSR count). The van der Waals surface area contributed by atoms with Gasteiger partial charge in [0, 0.05) is 26.8 Å². The minimum Gasteiger partial charge on any atom is -0.399 e. The number of fused-ring (bicyclic) bond motifs is 2. The summed E-state index contributed by atoms with van der Waals surface area (Å²) in [6.07, 6.45) is 0. The Hall–Kier alpha value is -4.00. The van der Waals surface area contributed by atoms with E-state index in [1.54, 1.807) is 12.1 Å². The van der Waals surface area contributed by atoms with Gasteiger partial charge in [0.1, 0.15) is 0 Å². The van der Waals surface area contributed by atoms with Gasteiger partial charge in [-0.1, -0.05) is 105 Å². The van der Waals surface area contributed by atoms with Crippen molar-refractivity contribution in [1.29, 1.82) is 0 Å². The fraction of sp³-hybridized carbons (Fsp3) is 0. The van der Waals surface area contributed by atoms with Crippen LogP contribution in [0.5, 0.6) is 0 Å². The normalized spacial score (nSPS) is 10.7. The van der Waals surface area contributed by atoms with Gasteiger partial charge >= 0.3 is 0 Å². The minimum atomic E-state index is -0.385. The van der Waals surface area contributed by atoms with Crippen LogP contribution in [0.25, 0.3) is 43.8 Å². The Bertz CT molecular complexity index is 1770. The fourth-order valence-corrected chi connectivity index (χ4v) is 5.41. The van der Waals surface area contributed by atoms with Crippen molar-refractivity contribution in [3.8, 4) is 22.3 Å². The number of nitro benzene ring substituents is 1. The van der Waals surface area contributed by atoms with Gasteiger partial charge in [-0.25, -0.2) is 0 Å². The molecule has 0 bridgehead atoms. The van der Waals surface area contributed by atoms with Crippen LogP contribution in [0.4, 0.5) is 11.4 Å². The van der Waals surface area contributed by atoms with Crippen LogP contribution in [0.3, 0.4) is 0 Å². The monoisotopic (exact) mass is 624 g/mol. The van der Waals surface area contributed by atoms with Gasteiger partial charge in [-0.3, -0.25) is 10.1 Å². The predicted octanol–water partition coefficient (Wildman–Crippen LogP) is 10.0. The summed E-state index contributed by atoms with van der Waals surface area (Å²) in [6.45, 7) is 0. The van der Waals surface area contributed by atoms with Crippen molar-refractivity contribution in [3.63, 3.8) is 0 Å². The second-order valence-corrected chi connectivity index (χ2v) is 10.4. The van der Waals surface area contributed by atoms with Crippen LogP contribution in [-0.4, -0.2) is 4.92 Å². The molecule has 0 heterocycles. The Morgan fingerprint density at radius 2 is 0.921 bits per heavy atom. The molecule has 0 unspecified atom stereocenters. The third-order valence-corrected chi connectivity index (χ3v) is 7.74. The Morgan fingerprint density at radius 1 is 0.526 bits per heavy atom. The Balaban J connectivity index is 0.000000156. The maximum atomic E-state index is 10.7. The predicted molar refractivity (Wildman–Crippen MR) is 165 cm³/mol. The molecule has 4 nitrogen and oxygen atoms in total. The quantitative estimate of drug-likeness (QED) is 0.121. The lowest BCUT2D eigenvalue weighted by atomic mass is 9.98. The van der Waals surface area contributed by atoms with Crippen LogP contribution in [-0.2, 0) is 0 Å². The molecule has 0 saturated carbocycles. The van der Waals surface area contributed by atoms with E-state index in [2.05, 4.69) is 86.5 Å². The van der Waals surface area contributed by atoms with Crippen molar-refractivity contribution < 1.29 is 4.92 Å². The Labute approximate surface area is 237 Å². The molecule has 0 amide bonds. The van der Waals surface area contributed by atoms with E-state index in [1.165, 1.54) is 34.0 Å². The van der Waals surface area contributed by atoms with E-state index in [-0.39, 0.29) is 10.6 Å². The van der Waals surface area contributed by atoms with Crippen LogP contribution in [0.15, 0.2) is 130 Å². The van der Waals surface area contributed by atoms with Gasteiger partial charge in [-0.05, 0) is 80.2 Å². The third kappa shape index (κ3) is 5.32. The van der Waals surface area contributed by atoms with Gasteiger partial charge in [-0.15, -0.1) is 0 Å². The van der Waals surface area contributed by atoms with E-state index in [9.17, 15) is 10.1 Å². The van der Waals surface area contributed by atoms with Crippen molar-refractivity contribution in [2.24, 2.45) is 0 Å². The number of rotatable bonds is 3. The summed E-state index contributed by atoms with van der Waals surface area (Å²) in [7, 11) is 0. The van der Waals surface area contributed by atoms with Gasteiger partial charge in [-0.2, -0.15) is 0 Å². The number of non-ortho nitro benzene ring substituents is 1. The summed E-state index contributed by atoms with van der Waals surface area (Å²) >= 11 is 7.14. The van der Waals surface area contributed by atoms with Gasteiger partial charge in [0.15, 0.2) is 0 Å². The molecule has 0 saturated heterocycles. The molecule has 0 spiro atoms. The molecule has 0 atom stereocenters. The standard InChI is InChI=1S/C16H10BrNO2.C16H12BrN/c17-16-10-9-13(14-3-1-2-4-15(14)16)11-5-7-12(8-6-11)18(19)20;17-16-10-9-13(11-5-7-12(18)8-6-11)14-3-1-2-4-15(14)16/h1-10H;1-10H,18H2. The summed E-state index contributed by atoms with van der Waals surface area (Å²) in [5, 5.41) is 15.4. The van der Waals surface area contributed by atoms with E-state index >= 15 is 0 Å². The Kier molecular flexibility index (Phi) is 7.54. The first kappa shape index (κ1) is 25.6. The fourth-order valence-electron chi connectivity index (χ4n) is 4.45. The lowest BCUT2D eigenvalue weighted by molar-refractivity contribution is -0.384. The van der Waals surface area contributed by atoms with Crippen LogP contribution in [0.2, 0.25) is 0 Å². The summed E-state index contributed by atoms with van der Waals surface area (Å²) < 4.78 is 2.16. The molecule has 2 N–H and O–H groups in total. The average Bonchev–Trinajstić information content (AvgIpc) is 2.95. The highest BCUT2D eigenvalue weighted by molar-refractivity contribution is 9.11. The first-order valence-corrected chi connectivity index (χ1v) is 13.5. The zero-order valence-electron chi connectivity index (χ0n) is 20.1. The summed E-state index contributed by atoms with van der Waals surface area (Å²) in [5.74, 6) is 0. The van der Waals surface area contributed by atoms with Crippen LogP contribution < -0.4 is 5.73 Å². The number of anilines is 1. The SMILES string of the molecule is Nc1ccc(-c2ccc(Br)c3ccccc23)cc1.O=[N+]([O-])c1ccc(-c2ccc(Br)c3ccccc23)cc1. The van der Waals surface area contributed by atoms with Gasteiger partial charge in [0.05, 0.1) is 4.92 Å². The molecule has 6 heteroatoms. The second kappa shape index (κ2) is 11.2. The molecule has 0 fully saturated rings. The van der Waals surface area contributed by atoms with E-state index in [0.717, 1.165) is 36.5 Å². The average molecular weight is 626 g/mol. The maximum Gasteiger partial charge on any atom is 0.269 e. The molecule has 38 heavy (non-hydrogen) atoms. The number of nitro groups is 1. The lowest BCUT2D eigenvalue weighted by Crippen LogP contribution is -1.88. The van der Waals surface area contributed by atoms with Crippen molar-refractivity contribution in [2.45, 2.75) is 0 Å². The molecule has 6 aromatic carbocycles. The van der Waals surface area contributed by atoms with Gasteiger partial charge in [0.2, 0.25) is 0 Å². The smallest absolute Gasteiger partial charge is 0.269 e. The van der Waals surface area contributed by atoms with Crippen molar-refractivity contribution >= 4 is 64.8 Å². The zero-order chi connectivity index (χ0) is 26.6. The lowest BCUT2D eigenvalue weighted by Gasteiger charge is -2.08. The molecule has 0 aliphatic rings. The van der Waals surface area contributed by atoms with Crippen LogP contribution >= 0.6 is 31.9 Å². The minimum absolute atomic E-state index is 0.107. The van der Waals surface area contributed by atoms with E-state index in [1.807, 2.05) is 42.5 Å². The molecule has 0 aliphatic carbocycles. The number of halogens is 2. The molecule has 0 aromatic heterocycles. The van der Waals surface area contributed by atoms with Gasteiger partial charge < -0.3 is 5.73 Å². The first-order valence-electron chi connectivity index (χ1n) is 11.9. The van der Waals surface area contributed by atoms with Crippen LogP contribution in [0.1, 0.15) is 0 Å². The highest BCUT2D eigenvalue weighted by atomic mass is 79.9. The van der Waals surface area contributed by atoms with Crippen molar-refractivity contribution in [3.05, 3.63) is 140 Å². The van der Waals surface area contributed by atoms with E-state index in [4.69, 9.17) is 5.73 Å². The number of benzene rings is 6. The topological polar surface area (TPSA) is 69.2 Å². The summed E-state index contributed by atoms with van der Waals surface area (Å²) in [6, 6.07) is 39.4. The van der Waals surface area contributed by atoms with Crippen molar-refractivity contribution in [1.82, 2.24) is 0 Å². The molecular weight excluding hydrogens is 604 g/mol. The second-order valence-electron chi connectivity index (χ2n) is 8.71. The van der Waals surface area contributed by atoms with Gasteiger partial charge in [0.25, 0.3) is 5.69 Å². The number of hydrogen-bond donors (Lipinski definition) is 1.